The molecule has 67 heavy (non-hydrogen) atoms. The van der Waals surface area contributed by atoms with E-state index in [0.29, 0.717) is 11.3 Å². The zero-order chi connectivity index (χ0) is 47.0. The van der Waals surface area contributed by atoms with Crippen molar-refractivity contribution in [2.24, 2.45) is 0 Å². The summed E-state index contributed by atoms with van der Waals surface area (Å²) in [5.41, 5.74) is 15.7. The molecule has 0 aromatic heterocycles. The minimum atomic E-state index is -0.429. The van der Waals surface area contributed by atoms with Crippen LogP contribution in [0.15, 0.2) is 224 Å². The first-order valence-corrected chi connectivity index (χ1v) is 23.1. The standard InChI is InChI=1S/C38H33NO2.C24H28N2/c1-27(2)38(40)41-36-24-16-32(17-25-36)37(31-8-6-5-7-9-31)26-30-14-22-35(23-15-30)39(33-18-10-28(3)11-19-33)34-20-12-29(4)13-21-34;1-3-25(23-11-7-5-8-12-23)19-21-15-17-22(18-16-21)20-26(4-2)24-13-9-6-10-14-24/h5-26H,1H2,2-4H3;5-18H,3-4,19-20H2,1-2H3/b37-26+;. The van der Waals surface area contributed by atoms with Crippen LogP contribution in [0, 0.1) is 13.8 Å². The molecule has 5 nitrogen and oxygen atoms in total. The molecule has 8 rings (SSSR count). The maximum absolute atomic E-state index is 11.9. The monoisotopic (exact) mass is 879 g/mol. The van der Waals surface area contributed by atoms with Gasteiger partial charge in [-0.15, -0.1) is 0 Å². The number of carbonyl (C=O) groups is 1. The summed E-state index contributed by atoms with van der Waals surface area (Å²) in [6, 6.07) is 74.0. The van der Waals surface area contributed by atoms with Gasteiger partial charge in [-0.25, -0.2) is 4.79 Å². The average Bonchev–Trinajstić information content (AvgIpc) is 3.37. The molecule has 336 valence electrons. The van der Waals surface area contributed by atoms with Crippen LogP contribution in [0.25, 0.3) is 11.6 Å². The van der Waals surface area contributed by atoms with Gasteiger partial charge in [-0.3, -0.25) is 0 Å². The molecular weight excluding hydrogens is 819 g/mol. The molecule has 5 heteroatoms. The quantitative estimate of drug-likeness (QED) is 0.0418. The summed E-state index contributed by atoms with van der Waals surface area (Å²) in [7, 11) is 0. The van der Waals surface area contributed by atoms with Crippen molar-refractivity contribution < 1.29 is 9.53 Å². The first kappa shape index (κ1) is 47.1. The Labute approximate surface area is 398 Å². The lowest BCUT2D eigenvalue weighted by Gasteiger charge is -2.26. The third-order valence-electron chi connectivity index (χ3n) is 11.6. The van der Waals surface area contributed by atoms with Gasteiger partial charge >= 0.3 is 5.97 Å². The lowest BCUT2D eigenvalue weighted by molar-refractivity contribution is -0.130. The molecule has 0 N–H and O–H groups in total. The summed E-state index contributed by atoms with van der Waals surface area (Å²) in [6.07, 6.45) is 2.19. The number of rotatable bonds is 16. The predicted molar refractivity (Wildman–Crippen MR) is 284 cm³/mol. The van der Waals surface area contributed by atoms with E-state index >= 15 is 0 Å². The van der Waals surface area contributed by atoms with Crippen LogP contribution >= 0.6 is 0 Å². The molecule has 0 aliphatic heterocycles. The van der Waals surface area contributed by atoms with Gasteiger partial charge < -0.3 is 19.4 Å². The number of hydrogen-bond donors (Lipinski definition) is 0. The summed E-state index contributed by atoms with van der Waals surface area (Å²) in [6.45, 7) is 17.8. The number of anilines is 5. The van der Waals surface area contributed by atoms with Crippen LogP contribution in [-0.2, 0) is 17.9 Å². The van der Waals surface area contributed by atoms with E-state index in [1.54, 1.807) is 6.92 Å². The first-order valence-electron chi connectivity index (χ1n) is 23.1. The van der Waals surface area contributed by atoms with E-state index < -0.39 is 5.97 Å². The third-order valence-corrected chi connectivity index (χ3v) is 11.6. The van der Waals surface area contributed by atoms with Crippen LogP contribution in [0.5, 0.6) is 5.75 Å². The van der Waals surface area contributed by atoms with E-state index in [0.717, 1.165) is 65.5 Å². The van der Waals surface area contributed by atoms with Crippen molar-refractivity contribution in [3.63, 3.8) is 0 Å². The highest BCUT2D eigenvalue weighted by Crippen LogP contribution is 2.36. The van der Waals surface area contributed by atoms with Crippen molar-refractivity contribution in [1.82, 2.24) is 0 Å². The fourth-order valence-corrected chi connectivity index (χ4v) is 7.81. The second-order valence-electron chi connectivity index (χ2n) is 16.7. The van der Waals surface area contributed by atoms with Crippen LogP contribution in [0.2, 0.25) is 0 Å². The SMILES string of the molecule is C=C(C)C(=O)Oc1ccc(/C(=C/c2ccc(N(c3ccc(C)cc3)c3ccc(C)cc3)cc2)c2ccccc2)cc1.CCN(Cc1ccc(CN(CC)c2ccccc2)cc1)c1ccccc1. The Kier molecular flexibility index (Phi) is 16.4. The normalized spacial score (nSPS) is 10.9. The molecule has 0 spiro atoms. The number of aryl methyl sites for hydroxylation is 2. The van der Waals surface area contributed by atoms with Gasteiger partial charge in [0.1, 0.15) is 5.75 Å². The lowest BCUT2D eigenvalue weighted by Crippen LogP contribution is -2.22. The van der Waals surface area contributed by atoms with Crippen LogP contribution in [0.3, 0.4) is 0 Å². The van der Waals surface area contributed by atoms with E-state index in [1.807, 2.05) is 42.5 Å². The molecule has 0 atom stereocenters. The minimum Gasteiger partial charge on any atom is -0.423 e. The molecule has 8 aromatic carbocycles. The van der Waals surface area contributed by atoms with Crippen molar-refractivity contribution in [1.29, 1.82) is 0 Å². The second-order valence-corrected chi connectivity index (χ2v) is 16.7. The van der Waals surface area contributed by atoms with E-state index in [4.69, 9.17) is 4.74 Å². The Balaban J connectivity index is 0.000000220. The molecule has 0 saturated heterocycles. The highest BCUT2D eigenvalue weighted by molar-refractivity contribution is 5.92. The molecule has 0 radical (unpaired) electrons. The molecule has 0 aliphatic rings. The van der Waals surface area contributed by atoms with E-state index in [2.05, 4.69) is 225 Å². The topological polar surface area (TPSA) is 36.0 Å². The summed E-state index contributed by atoms with van der Waals surface area (Å²) in [5.74, 6) is 0.0628. The molecule has 8 aromatic rings. The van der Waals surface area contributed by atoms with Crippen LogP contribution in [0.4, 0.5) is 28.4 Å². The van der Waals surface area contributed by atoms with Crippen molar-refractivity contribution in [2.45, 2.75) is 47.7 Å². The van der Waals surface area contributed by atoms with Crippen molar-refractivity contribution in [3.05, 3.63) is 263 Å². The number of ether oxygens (including phenoxy) is 1. The Hall–Kier alpha value is -7.89. The van der Waals surface area contributed by atoms with Crippen LogP contribution in [0.1, 0.15) is 59.7 Å². The zero-order valence-electron chi connectivity index (χ0n) is 39.5. The Bertz CT molecular complexity index is 2690. The Morgan fingerprint density at radius 3 is 1.27 bits per heavy atom. The van der Waals surface area contributed by atoms with Gasteiger partial charge in [-0.05, 0) is 147 Å². The van der Waals surface area contributed by atoms with Gasteiger partial charge in [0.05, 0.1) is 0 Å². The fourth-order valence-electron chi connectivity index (χ4n) is 7.81. The number of benzene rings is 8. The number of nitrogens with zero attached hydrogens (tertiary/aromatic N) is 3. The number of hydrogen-bond acceptors (Lipinski definition) is 5. The molecule has 0 aliphatic carbocycles. The van der Waals surface area contributed by atoms with Gasteiger partial charge in [0.25, 0.3) is 0 Å². The van der Waals surface area contributed by atoms with Crippen LogP contribution < -0.4 is 19.4 Å². The predicted octanol–water partition coefficient (Wildman–Crippen LogP) is 15.6. The molecule has 0 saturated carbocycles. The first-order chi connectivity index (χ1) is 32.7. The maximum atomic E-state index is 11.9. The van der Waals surface area contributed by atoms with Crippen molar-refractivity contribution >= 4 is 46.1 Å². The summed E-state index contributed by atoms with van der Waals surface area (Å²) < 4.78 is 5.39. The molecule has 0 amide bonds. The summed E-state index contributed by atoms with van der Waals surface area (Å²) in [4.78, 5) is 19.0. The largest absolute Gasteiger partial charge is 0.423 e. The highest BCUT2D eigenvalue weighted by Gasteiger charge is 2.14. The van der Waals surface area contributed by atoms with E-state index in [-0.39, 0.29) is 0 Å². The van der Waals surface area contributed by atoms with Gasteiger partial charge in [0.2, 0.25) is 0 Å². The zero-order valence-corrected chi connectivity index (χ0v) is 39.5. The molecule has 0 fully saturated rings. The third kappa shape index (κ3) is 13.1. The van der Waals surface area contributed by atoms with Crippen LogP contribution in [-0.4, -0.2) is 19.1 Å². The number of carbonyl (C=O) groups excluding carboxylic acids is 1. The van der Waals surface area contributed by atoms with Crippen molar-refractivity contribution in [2.75, 3.05) is 27.8 Å². The molecule has 0 bridgehead atoms. The van der Waals surface area contributed by atoms with Crippen molar-refractivity contribution in [3.8, 4) is 5.75 Å². The Morgan fingerprint density at radius 1 is 0.478 bits per heavy atom. The average molecular weight is 880 g/mol. The highest BCUT2D eigenvalue weighted by atomic mass is 16.5. The fraction of sp³-hybridized carbons (Fsp3) is 0.145. The summed E-state index contributed by atoms with van der Waals surface area (Å²) in [5, 5.41) is 0. The lowest BCUT2D eigenvalue weighted by atomic mass is 9.95. The van der Waals surface area contributed by atoms with Gasteiger partial charge in [-0.1, -0.05) is 157 Å². The second kappa shape index (κ2) is 23.3. The Morgan fingerprint density at radius 2 is 0.866 bits per heavy atom. The smallest absolute Gasteiger partial charge is 0.338 e. The minimum absolute atomic E-state index is 0.366. The van der Waals surface area contributed by atoms with Gasteiger partial charge in [-0.2, -0.15) is 0 Å². The molecular formula is C62H61N3O2. The maximum Gasteiger partial charge on any atom is 0.338 e. The number of esters is 1. The molecule has 0 heterocycles. The number of para-hydroxylation sites is 2. The summed E-state index contributed by atoms with van der Waals surface area (Å²) >= 11 is 0. The van der Waals surface area contributed by atoms with Gasteiger partial charge in [0, 0.05) is 60.2 Å². The van der Waals surface area contributed by atoms with E-state index in [1.165, 1.54) is 33.6 Å². The van der Waals surface area contributed by atoms with Gasteiger partial charge in [0.15, 0.2) is 0 Å². The molecule has 0 unspecified atom stereocenters. The van der Waals surface area contributed by atoms with E-state index in [9.17, 15) is 4.79 Å².